The standard InChI is InChI=1S/C27H19F3N4O6/c1-13(35)34(2)15-5-6-16(20(9-15)27(28,29)30)17-10-23-19(11-22(17)39-3)24(33-40-23)25(36)32-21-7-4-14(12-31)8-18(21)26(37)38/h4-11H,1-3H3,(H,32,36)(H,37,38). The van der Waals surface area contributed by atoms with E-state index in [-0.39, 0.29) is 56.0 Å². The number of hydrogen-bond acceptors (Lipinski definition) is 7. The minimum absolute atomic E-state index is 0.0114. The van der Waals surface area contributed by atoms with Crippen molar-refractivity contribution in [3.05, 3.63) is 70.9 Å². The number of benzene rings is 3. The molecule has 0 radical (unpaired) electrons. The molecule has 0 unspecified atom stereocenters. The summed E-state index contributed by atoms with van der Waals surface area (Å²) >= 11 is 0. The average Bonchev–Trinajstić information content (AvgIpc) is 3.34. The van der Waals surface area contributed by atoms with Crippen LogP contribution >= 0.6 is 0 Å². The maximum atomic E-state index is 14.1. The van der Waals surface area contributed by atoms with Crippen LogP contribution in [0.1, 0.15) is 38.9 Å². The first-order valence-electron chi connectivity index (χ1n) is 11.4. The molecular formula is C27H19F3N4O6. The topological polar surface area (TPSA) is 146 Å². The van der Waals surface area contributed by atoms with E-state index >= 15 is 0 Å². The Bertz CT molecular complexity index is 1720. The van der Waals surface area contributed by atoms with E-state index in [9.17, 15) is 32.7 Å². The van der Waals surface area contributed by atoms with Crippen LogP contribution in [0.5, 0.6) is 5.75 Å². The van der Waals surface area contributed by atoms with E-state index in [2.05, 4.69) is 10.5 Å². The lowest BCUT2D eigenvalue weighted by atomic mass is 9.96. The van der Waals surface area contributed by atoms with E-state index < -0.39 is 29.5 Å². The first-order chi connectivity index (χ1) is 18.8. The summed E-state index contributed by atoms with van der Waals surface area (Å²) in [6.45, 7) is 1.22. The Morgan fingerprint density at radius 2 is 1.82 bits per heavy atom. The third-order valence-electron chi connectivity index (χ3n) is 6.09. The summed E-state index contributed by atoms with van der Waals surface area (Å²) in [7, 11) is 2.58. The van der Waals surface area contributed by atoms with Gasteiger partial charge in [0.15, 0.2) is 11.3 Å². The number of halogens is 3. The largest absolute Gasteiger partial charge is 0.496 e. The quantitative estimate of drug-likeness (QED) is 0.327. The van der Waals surface area contributed by atoms with Gasteiger partial charge in [0, 0.05) is 25.2 Å². The van der Waals surface area contributed by atoms with Crippen LogP contribution in [0.2, 0.25) is 0 Å². The number of methoxy groups -OCH3 is 1. The molecule has 2 N–H and O–H groups in total. The Balaban J connectivity index is 1.80. The molecule has 0 saturated carbocycles. The molecule has 0 spiro atoms. The Morgan fingerprint density at radius 3 is 2.42 bits per heavy atom. The first kappa shape index (κ1) is 27.6. The predicted octanol–water partition coefficient (Wildman–Crippen LogP) is 5.33. The van der Waals surface area contributed by atoms with Gasteiger partial charge in [0.1, 0.15) is 5.75 Å². The van der Waals surface area contributed by atoms with Gasteiger partial charge in [-0.2, -0.15) is 18.4 Å². The molecule has 0 atom stereocenters. The number of nitrogens with one attached hydrogen (secondary N) is 1. The van der Waals surface area contributed by atoms with Gasteiger partial charge in [0.25, 0.3) is 5.91 Å². The highest BCUT2D eigenvalue weighted by Crippen LogP contribution is 2.43. The maximum Gasteiger partial charge on any atom is 0.417 e. The SMILES string of the molecule is COc1cc2c(C(=O)Nc3ccc(C#N)cc3C(=O)O)noc2cc1-c1ccc(N(C)C(C)=O)cc1C(F)(F)F. The highest BCUT2D eigenvalue weighted by Gasteiger charge is 2.35. The highest BCUT2D eigenvalue weighted by atomic mass is 19.4. The van der Waals surface area contributed by atoms with Gasteiger partial charge >= 0.3 is 12.1 Å². The number of ether oxygens (including phenoxy) is 1. The number of carboxylic acid groups (broad SMARTS) is 1. The van der Waals surface area contributed by atoms with Crippen LogP contribution in [0.25, 0.3) is 22.1 Å². The molecule has 0 aliphatic carbocycles. The molecule has 1 heterocycles. The Morgan fingerprint density at radius 1 is 1.10 bits per heavy atom. The van der Waals surface area contributed by atoms with Crippen molar-refractivity contribution in [3.63, 3.8) is 0 Å². The molecule has 2 amide bonds. The number of carbonyl (C=O) groups is 3. The summed E-state index contributed by atoms with van der Waals surface area (Å²) in [4.78, 5) is 37.4. The van der Waals surface area contributed by atoms with E-state index in [1.807, 2.05) is 6.07 Å². The molecule has 0 bridgehead atoms. The molecular weight excluding hydrogens is 533 g/mol. The molecule has 4 aromatic rings. The number of fused-ring (bicyclic) bond motifs is 1. The second-order valence-corrected chi connectivity index (χ2v) is 8.52. The lowest BCUT2D eigenvalue weighted by molar-refractivity contribution is -0.137. The minimum atomic E-state index is -4.79. The van der Waals surface area contributed by atoms with Crippen molar-refractivity contribution in [1.82, 2.24) is 5.16 Å². The summed E-state index contributed by atoms with van der Waals surface area (Å²) in [6, 6.07) is 11.4. The Hall–Kier alpha value is -5.38. The number of nitriles is 1. The Kier molecular flexibility index (Phi) is 7.20. The van der Waals surface area contributed by atoms with Gasteiger partial charge in [-0.1, -0.05) is 11.2 Å². The molecule has 0 saturated heterocycles. The monoisotopic (exact) mass is 552 g/mol. The normalized spacial score (nSPS) is 11.1. The van der Waals surface area contributed by atoms with Crippen molar-refractivity contribution < 1.29 is 41.9 Å². The summed E-state index contributed by atoms with van der Waals surface area (Å²) in [5.41, 5.74) is -1.98. The van der Waals surface area contributed by atoms with Gasteiger partial charge in [-0.3, -0.25) is 9.59 Å². The van der Waals surface area contributed by atoms with E-state index in [4.69, 9.17) is 14.5 Å². The van der Waals surface area contributed by atoms with Gasteiger partial charge < -0.3 is 24.6 Å². The summed E-state index contributed by atoms with van der Waals surface area (Å²) in [6.07, 6.45) is -4.79. The number of carbonyl (C=O) groups excluding carboxylic acids is 2. The molecule has 0 aliphatic heterocycles. The second kappa shape index (κ2) is 10.4. The Labute approximate surface area is 224 Å². The van der Waals surface area contributed by atoms with E-state index in [1.165, 1.54) is 57.5 Å². The zero-order chi connectivity index (χ0) is 29.4. The van der Waals surface area contributed by atoms with Gasteiger partial charge in [-0.25, -0.2) is 4.79 Å². The third kappa shape index (κ3) is 5.14. The number of aromatic nitrogens is 1. The molecule has 40 heavy (non-hydrogen) atoms. The van der Waals surface area contributed by atoms with Crippen molar-refractivity contribution in [3.8, 4) is 22.9 Å². The van der Waals surface area contributed by atoms with Crippen LogP contribution in [0.3, 0.4) is 0 Å². The van der Waals surface area contributed by atoms with Crippen LogP contribution in [-0.4, -0.2) is 42.2 Å². The van der Waals surface area contributed by atoms with Crippen molar-refractivity contribution in [2.24, 2.45) is 0 Å². The number of hydrogen-bond donors (Lipinski definition) is 2. The fourth-order valence-electron chi connectivity index (χ4n) is 3.98. The molecule has 10 nitrogen and oxygen atoms in total. The number of carboxylic acids is 1. The lowest BCUT2D eigenvalue weighted by Crippen LogP contribution is -2.23. The fourth-order valence-corrected chi connectivity index (χ4v) is 3.98. The molecule has 0 fully saturated rings. The molecule has 3 aromatic carbocycles. The molecule has 0 aliphatic rings. The minimum Gasteiger partial charge on any atom is -0.496 e. The second-order valence-electron chi connectivity index (χ2n) is 8.52. The zero-order valence-corrected chi connectivity index (χ0v) is 21.1. The first-order valence-corrected chi connectivity index (χ1v) is 11.4. The van der Waals surface area contributed by atoms with Crippen LogP contribution in [-0.2, 0) is 11.0 Å². The van der Waals surface area contributed by atoms with E-state index in [0.29, 0.717) is 0 Å². The average molecular weight is 552 g/mol. The van der Waals surface area contributed by atoms with E-state index in [0.717, 1.165) is 17.0 Å². The van der Waals surface area contributed by atoms with Gasteiger partial charge in [-0.15, -0.1) is 0 Å². The van der Waals surface area contributed by atoms with Crippen LogP contribution in [0.4, 0.5) is 24.5 Å². The molecule has 4 rings (SSSR count). The van der Waals surface area contributed by atoms with Crippen molar-refractivity contribution >= 4 is 40.1 Å². The number of amides is 2. The number of rotatable bonds is 6. The number of aromatic carboxylic acids is 1. The summed E-state index contributed by atoms with van der Waals surface area (Å²) in [5, 5.41) is 24.7. The summed E-state index contributed by atoms with van der Waals surface area (Å²) in [5.74, 6) is -2.74. The van der Waals surface area contributed by atoms with Crippen LogP contribution in [0.15, 0.2) is 53.1 Å². The van der Waals surface area contributed by atoms with Gasteiger partial charge in [-0.05, 0) is 48.0 Å². The number of alkyl halides is 3. The number of anilines is 2. The lowest BCUT2D eigenvalue weighted by Gasteiger charge is -2.20. The fraction of sp³-hybridized carbons (Fsp3) is 0.148. The van der Waals surface area contributed by atoms with Crippen LogP contribution in [0, 0.1) is 11.3 Å². The van der Waals surface area contributed by atoms with E-state index in [1.54, 1.807) is 0 Å². The van der Waals surface area contributed by atoms with Crippen molar-refractivity contribution in [1.29, 1.82) is 5.26 Å². The number of nitrogens with zero attached hydrogens (tertiary/aromatic N) is 3. The molecule has 13 heteroatoms. The molecule has 204 valence electrons. The van der Waals surface area contributed by atoms with Gasteiger partial charge in [0.05, 0.1) is 40.9 Å². The third-order valence-corrected chi connectivity index (χ3v) is 6.09. The summed E-state index contributed by atoms with van der Waals surface area (Å²) < 4.78 is 52.9. The maximum absolute atomic E-state index is 14.1. The van der Waals surface area contributed by atoms with Crippen molar-refractivity contribution in [2.45, 2.75) is 13.1 Å². The highest BCUT2D eigenvalue weighted by molar-refractivity contribution is 6.13. The van der Waals surface area contributed by atoms with Crippen molar-refractivity contribution in [2.75, 3.05) is 24.4 Å². The predicted molar refractivity (Wildman–Crippen MR) is 136 cm³/mol. The van der Waals surface area contributed by atoms with Gasteiger partial charge in [0.2, 0.25) is 5.91 Å². The van der Waals surface area contributed by atoms with Crippen LogP contribution < -0.4 is 15.0 Å². The smallest absolute Gasteiger partial charge is 0.417 e. The zero-order valence-electron chi connectivity index (χ0n) is 21.1. The molecule has 1 aromatic heterocycles.